The van der Waals surface area contributed by atoms with Crippen LogP contribution in [0.2, 0.25) is 0 Å². The summed E-state index contributed by atoms with van der Waals surface area (Å²) in [7, 11) is 0. The van der Waals surface area contributed by atoms with E-state index in [0.717, 1.165) is 0 Å². The second-order valence-corrected chi connectivity index (χ2v) is 2.27. The van der Waals surface area contributed by atoms with Crippen molar-refractivity contribution in [2.75, 3.05) is 24.3 Å². The van der Waals surface area contributed by atoms with Crippen molar-refractivity contribution < 1.29 is 4.39 Å². The Morgan fingerprint density at radius 3 is 3.08 bits per heavy atom. The fourth-order valence-electron chi connectivity index (χ4n) is 0.756. The number of nitrogens with zero attached hydrogens (tertiary/aromatic N) is 2. The maximum atomic E-state index is 11.7. The smallest absolute Gasteiger partial charge is 0.221 e. The van der Waals surface area contributed by atoms with Gasteiger partial charge in [-0.1, -0.05) is 0 Å². The first-order valence-electron chi connectivity index (χ1n) is 3.71. The number of halogens is 1. The largest absolute Gasteiger partial charge is 0.370 e. The van der Waals surface area contributed by atoms with Crippen molar-refractivity contribution in [3.8, 4) is 0 Å². The highest BCUT2D eigenvalue weighted by Crippen LogP contribution is 2.01. The molecular weight excluding hydrogens is 159 g/mol. The number of alkyl halides is 1. The Morgan fingerprint density at radius 2 is 2.42 bits per heavy atom. The SMILES string of the molecule is Nc1nccc(NCCCF)n1. The zero-order valence-corrected chi connectivity index (χ0v) is 6.63. The highest BCUT2D eigenvalue weighted by Gasteiger charge is 1.93. The number of anilines is 2. The van der Waals surface area contributed by atoms with Crippen molar-refractivity contribution in [3.05, 3.63) is 12.3 Å². The molecule has 0 fully saturated rings. The molecule has 12 heavy (non-hydrogen) atoms. The van der Waals surface area contributed by atoms with Gasteiger partial charge in [-0.15, -0.1) is 0 Å². The quantitative estimate of drug-likeness (QED) is 0.657. The highest BCUT2D eigenvalue weighted by atomic mass is 19.1. The topological polar surface area (TPSA) is 63.8 Å². The summed E-state index contributed by atoms with van der Waals surface area (Å²) in [4.78, 5) is 7.60. The number of nitrogens with two attached hydrogens (primary N) is 1. The normalized spacial score (nSPS) is 9.75. The maximum absolute atomic E-state index is 11.7. The molecule has 0 radical (unpaired) electrons. The molecule has 5 heteroatoms. The third-order valence-corrected chi connectivity index (χ3v) is 1.29. The molecule has 1 aromatic heterocycles. The second kappa shape index (κ2) is 4.48. The second-order valence-electron chi connectivity index (χ2n) is 2.27. The molecule has 1 aromatic rings. The fourth-order valence-corrected chi connectivity index (χ4v) is 0.756. The van der Waals surface area contributed by atoms with Gasteiger partial charge >= 0.3 is 0 Å². The van der Waals surface area contributed by atoms with Gasteiger partial charge in [0.05, 0.1) is 6.67 Å². The Balaban J connectivity index is 2.41. The van der Waals surface area contributed by atoms with Crippen molar-refractivity contribution in [2.45, 2.75) is 6.42 Å². The lowest BCUT2D eigenvalue weighted by Crippen LogP contribution is -2.05. The van der Waals surface area contributed by atoms with Gasteiger partial charge in [0, 0.05) is 12.7 Å². The third-order valence-electron chi connectivity index (χ3n) is 1.29. The van der Waals surface area contributed by atoms with Crippen LogP contribution in [0.15, 0.2) is 12.3 Å². The molecule has 0 saturated heterocycles. The van der Waals surface area contributed by atoms with Gasteiger partial charge in [0.1, 0.15) is 5.82 Å². The molecular formula is C7H11FN4. The molecule has 3 N–H and O–H groups in total. The number of aromatic nitrogens is 2. The van der Waals surface area contributed by atoms with E-state index in [2.05, 4.69) is 15.3 Å². The van der Waals surface area contributed by atoms with Crippen molar-refractivity contribution in [1.29, 1.82) is 0 Å². The molecule has 0 saturated carbocycles. The van der Waals surface area contributed by atoms with Gasteiger partial charge in [-0.25, -0.2) is 4.98 Å². The van der Waals surface area contributed by atoms with Crippen LogP contribution >= 0.6 is 0 Å². The highest BCUT2D eigenvalue weighted by molar-refractivity contribution is 5.36. The van der Waals surface area contributed by atoms with E-state index < -0.39 is 0 Å². The lowest BCUT2D eigenvalue weighted by Gasteiger charge is -2.02. The average Bonchev–Trinajstić information content (AvgIpc) is 2.05. The van der Waals surface area contributed by atoms with E-state index >= 15 is 0 Å². The Bertz CT molecular complexity index is 241. The van der Waals surface area contributed by atoms with Crippen LogP contribution in [0.5, 0.6) is 0 Å². The van der Waals surface area contributed by atoms with Gasteiger partial charge in [-0.05, 0) is 12.5 Å². The van der Waals surface area contributed by atoms with Gasteiger partial charge in [-0.3, -0.25) is 4.39 Å². The molecule has 0 aliphatic carbocycles. The van der Waals surface area contributed by atoms with Crippen LogP contribution in [-0.4, -0.2) is 23.2 Å². The lowest BCUT2D eigenvalue weighted by molar-refractivity contribution is 0.481. The Hall–Kier alpha value is -1.39. The first-order chi connectivity index (χ1) is 5.83. The van der Waals surface area contributed by atoms with Gasteiger partial charge in [0.2, 0.25) is 5.95 Å². The zero-order valence-electron chi connectivity index (χ0n) is 6.63. The molecule has 0 aliphatic heterocycles. The van der Waals surface area contributed by atoms with E-state index in [1.165, 1.54) is 0 Å². The third kappa shape index (κ3) is 2.69. The molecule has 0 unspecified atom stereocenters. The summed E-state index contributed by atoms with van der Waals surface area (Å²) in [5.41, 5.74) is 5.33. The summed E-state index contributed by atoms with van der Waals surface area (Å²) in [5.74, 6) is 0.858. The summed E-state index contributed by atoms with van der Waals surface area (Å²) >= 11 is 0. The number of hydrogen-bond donors (Lipinski definition) is 2. The predicted octanol–water partition coefficient (Wildman–Crippen LogP) is 0.830. The first kappa shape index (κ1) is 8.70. The van der Waals surface area contributed by atoms with Gasteiger partial charge in [0.15, 0.2) is 0 Å². The van der Waals surface area contributed by atoms with Crippen LogP contribution in [0, 0.1) is 0 Å². The van der Waals surface area contributed by atoms with Gasteiger partial charge in [-0.2, -0.15) is 4.98 Å². The summed E-state index contributed by atoms with van der Waals surface area (Å²) < 4.78 is 11.7. The van der Waals surface area contributed by atoms with Crippen molar-refractivity contribution >= 4 is 11.8 Å². The van der Waals surface area contributed by atoms with Crippen LogP contribution in [0.25, 0.3) is 0 Å². The minimum atomic E-state index is -0.326. The Labute approximate surface area is 70.0 Å². The van der Waals surface area contributed by atoms with Crippen LogP contribution in [0.3, 0.4) is 0 Å². The summed E-state index contributed by atoms with van der Waals surface area (Å²) in [6.45, 7) is 0.237. The Morgan fingerprint density at radius 1 is 1.58 bits per heavy atom. The zero-order chi connectivity index (χ0) is 8.81. The van der Waals surface area contributed by atoms with E-state index in [9.17, 15) is 4.39 Å². The number of hydrogen-bond acceptors (Lipinski definition) is 4. The fraction of sp³-hybridized carbons (Fsp3) is 0.429. The van der Waals surface area contributed by atoms with Crippen LogP contribution in [-0.2, 0) is 0 Å². The van der Waals surface area contributed by atoms with Crippen LogP contribution in [0.4, 0.5) is 16.2 Å². The maximum Gasteiger partial charge on any atom is 0.221 e. The van der Waals surface area contributed by atoms with Crippen molar-refractivity contribution in [1.82, 2.24) is 9.97 Å². The molecule has 0 spiro atoms. The van der Waals surface area contributed by atoms with E-state index in [1.54, 1.807) is 12.3 Å². The minimum absolute atomic E-state index is 0.222. The number of rotatable bonds is 4. The summed E-state index contributed by atoms with van der Waals surface area (Å²) in [6.07, 6.45) is 2.03. The van der Waals surface area contributed by atoms with E-state index in [4.69, 9.17) is 5.73 Å². The molecule has 0 atom stereocenters. The molecule has 0 aliphatic rings. The van der Waals surface area contributed by atoms with Gasteiger partial charge < -0.3 is 11.1 Å². The lowest BCUT2D eigenvalue weighted by atomic mass is 10.4. The molecule has 0 aromatic carbocycles. The average molecular weight is 170 g/mol. The Kier molecular flexibility index (Phi) is 3.25. The van der Waals surface area contributed by atoms with Crippen molar-refractivity contribution in [3.63, 3.8) is 0 Å². The minimum Gasteiger partial charge on any atom is -0.370 e. The number of nitrogens with one attached hydrogen (secondary N) is 1. The first-order valence-corrected chi connectivity index (χ1v) is 3.71. The van der Waals surface area contributed by atoms with Crippen LogP contribution in [0.1, 0.15) is 6.42 Å². The molecule has 4 nitrogen and oxygen atoms in total. The van der Waals surface area contributed by atoms with Gasteiger partial charge in [0.25, 0.3) is 0 Å². The summed E-state index contributed by atoms with van der Waals surface area (Å²) in [5, 5.41) is 2.92. The number of nitrogen functional groups attached to an aromatic ring is 1. The van der Waals surface area contributed by atoms with E-state index in [1.807, 2.05) is 0 Å². The molecule has 1 rings (SSSR count). The van der Waals surface area contributed by atoms with E-state index in [-0.39, 0.29) is 12.6 Å². The van der Waals surface area contributed by atoms with E-state index in [0.29, 0.717) is 18.8 Å². The summed E-state index contributed by atoms with van der Waals surface area (Å²) in [6, 6.07) is 1.69. The van der Waals surface area contributed by atoms with Crippen molar-refractivity contribution in [2.24, 2.45) is 0 Å². The monoisotopic (exact) mass is 170 g/mol. The molecule has 1 heterocycles. The molecule has 66 valence electrons. The standard InChI is InChI=1S/C7H11FN4/c8-3-1-4-10-6-2-5-11-7(9)12-6/h2,5H,1,3-4H2,(H3,9,10,11,12). The molecule has 0 bridgehead atoms. The van der Waals surface area contributed by atoms with Crippen LogP contribution < -0.4 is 11.1 Å². The predicted molar refractivity (Wildman–Crippen MR) is 45.5 cm³/mol. The molecule has 0 amide bonds.